The second kappa shape index (κ2) is 7.27. The summed E-state index contributed by atoms with van der Waals surface area (Å²) in [7, 11) is 2.12. The fourth-order valence-corrected chi connectivity index (χ4v) is 3.50. The lowest BCUT2D eigenvalue weighted by Gasteiger charge is -2.39. The van der Waals surface area contributed by atoms with Crippen LogP contribution in [-0.2, 0) is 4.74 Å². The van der Waals surface area contributed by atoms with Crippen LogP contribution in [0.25, 0.3) is 5.65 Å². The van der Waals surface area contributed by atoms with E-state index in [1.165, 1.54) is 16.0 Å². The number of hydrogen-bond donors (Lipinski definition) is 1. The number of aromatic nitrogens is 2. The minimum absolute atomic E-state index is 0.0211. The second-order valence-electron chi connectivity index (χ2n) is 6.53. The predicted molar refractivity (Wildman–Crippen MR) is 102 cm³/mol. The number of morpholine rings is 1. The number of nitrogens with one attached hydrogen (secondary N) is 1. The van der Waals surface area contributed by atoms with Crippen LogP contribution in [0.4, 0.5) is 5.82 Å². The van der Waals surface area contributed by atoms with E-state index in [0.29, 0.717) is 24.6 Å². The van der Waals surface area contributed by atoms with E-state index < -0.39 is 0 Å². The molecule has 0 aliphatic carbocycles. The fraction of sp³-hybridized carbons (Fsp3) is 0.300. The van der Waals surface area contributed by atoms with Gasteiger partial charge in [-0.2, -0.15) is 0 Å². The van der Waals surface area contributed by atoms with Crippen molar-refractivity contribution in [3.8, 4) is 0 Å². The van der Waals surface area contributed by atoms with Gasteiger partial charge in [-0.1, -0.05) is 36.4 Å². The van der Waals surface area contributed by atoms with Crippen LogP contribution in [0.5, 0.6) is 0 Å². The summed E-state index contributed by atoms with van der Waals surface area (Å²) >= 11 is 0. The van der Waals surface area contributed by atoms with E-state index in [0.717, 1.165) is 6.54 Å². The molecular weight excluding hydrogens is 328 g/mol. The summed E-state index contributed by atoms with van der Waals surface area (Å²) in [5.41, 5.74) is 1.76. The maximum atomic E-state index is 12.2. The van der Waals surface area contributed by atoms with Crippen LogP contribution in [0.1, 0.15) is 11.6 Å². The highest BCUT2D eigenvalue weighted by molar-refractivity contribution is 5.46. The normalized spacial score (nSPS) is 21.0. The number of nitrogens with zero attached hydrogens (tertiary/aromatic N) is 3. The molecule has 26 heavy (non-hydrogen) atoms. The van der Waals surface area contributed by atoms with Gasteiger partial charge in [0.05, 0.1) is 18.8 Å². The molecule has 3 aromatic rings. The van der Waals surface area contributed by atoms with Crippen molar-refractivity contribution >= 4 is 11.5 Å². The van der Waals surface area contributed by atoms with E-state index in [2.05, 4.69) is 34.4 Å². The lowest BCUT2D eigenvalue weighted by atomic mass is 9.98. The summed E-state index contributed by atoms with van der Waals surface area (Å²) in [4.78, 5) is 19.1. The molecule has 0 unspecified atom stereocenters. The van der Waals surface area contributed by atoms with Crippen molar-refractivity contribution in [2.75, 3.05) is 32.1 Å². The Morgan fingerprint density at radius 3 is 2.85 bits per heavy atom. The zero-order chi connectivity index (χ0) is 17.9. The second-order valence-corrected chi connectivity index (χ2v) is 6.53. The first-order valence-corrected chi connectivity index (χ1v) is 8.81. The van der Waals surface area contributed by atoms with Crippen molar-refractivity contribution in [3.63, 3.8) is 0 Å². The molecule has 134 valence electrons. The van der Waals surface area contributed by atoms with Gasteiger partial charge in [0.15, 0.2) is 0 Å². The highest BCUT2D eigenvalue weighted by Crippen LogP contribution is 2.28. The van der Waals surface area contributed by atoms with Crippen LogP contribution < -0.4 is 10.9 Å². The van der Waals surface area contributed by atoms with Crippen molar-refractivity contribution in [1.82, 2.24) is 14.3 Å². The number of pyridine rings is 1. The Hall–Kier alpha value is -2.70. The van der Waals surface area contributed by atoms with Gasteiger partial charge in [-0.15, -0.1) is 0 Å². The number of fused-ring (bicyclic) bond motifs is 1. The predicted octanol–water partition coefficient (Wildman–Crippen LogP) is 2.18. The minimum Gasteiger partial charge on any atom is -0.373 e. The zero-order valence-electron chi connectivity index (χ0n) is 14.7. The van der Waals surface area contributed by atoms with E-state index in [-0.39, 0.29) is 17.7 Å². The molecule has 2 atom stereocenters. The molecule has 0 radical (unpaired) electrons. The van der Waals surface area contributed by atoms with E-state index in [4.69, 9.17) is 4.74 Å². The first-order valence-electron chi connectivity index (χ1n) is 8.81. The summed E-state index contributed by atoms with van der Waals surface area (Å²) in [6, 6.07) is 17.6. The molecule has 6 heteroatoms. The van der Waals surface area contributed by atoms with Crippen LogP contribution in [-0.4, -0.2) is 47.1 Å². The topological polar surface area (TPSA) is 58.9 Å². The Morgan fingerprint density at radius 2 is 2.00 bits per heavy atom. The molecule has 1 saturated heterocycles. The average Bonchev–Trinajstić information content (AvgIpc) is 2.67. The Kier molecular flexibility index (Phi) is 4.69. The Bertz CT molecular complexity index is 941. The smallest absolute Gasteiger partial charge is 0.259 e. The number of rotatable bonds is 4. The summed E-state index contributed by atoms with van der Waals surface area (Å²) in [5, 5.41) is 3.29. The van der Waals surface area contributed by atoms with Gasteiger partial charge in [0.1, 0.15) is 11.5 Å². The lowest BCUT2D eigenvalue weighted by molar-refractivity contribution is -0.0556. The van der Waals surface area contributed by atoms with Gasteiger partial charge >= 0.3 is 0 Å². The van der Waals surface area contributed by atoms with Crippen molar-refractivity contribution in [3.05, 3.63) is 76.7 Å². The zero-order valence-corrected chi connectivity index (χ0v) is 14.7. The van der Waals surface area contributed by atoms with Gasteiger partial charge in [-0.25, -0.2) is 4.98 Å². The maximum Gasteiger partial charge on any atom is 0.259 e. The van der Waals surface area contributed by atoms with Crippen LogP contribution >= 0.6 is 0 Å². The maximum absolute atomic E-state index is 12.2. The molecule has 0 bridgehead atoms. The van der Waals surface area contributed by atoms with Crippen molar-refractivity contribution in [2.45, 2.75) is 12.1 Å². The molecule has 1 fully saturated rings. The van der Waals surface area contributed by atoms with Crippen molar-refractivity contribution in [1.29, 1.82) is 0 Å². The van der Waals surface area contributed by atoms with Crippen molar-refractivity contribution in [2.24, 2.45) is 0 Å². The standard InChI is InChI=1S/C20H22N4O2/c1-23-11-12-26-16(20(23)15-7-3-2-4-8-15)14-21-17-13-19(25)24-10-6-5-9-18(24)22-17/h2-10,13,16,20-21H,11-12,14H2,1H3/t16-,20-/m0/s1. The molecule has 6 nitrogen and oxygen atoms in total. The first kappa shape index (κ1) is 16.8. The Morgan fingerprint density at radius 1 is 1.19 bits per heavy atom. The molecular formula is C20H22N4O2. The largest absolute Gasteiger partial charge is 0.373 e. The Balaban J connectivity index is 1.55. The molecule has 0 amide bonds. The van der Waals surface area contributed by atoms with Gasteiger partial charge in [-0.3, -0.25) is 14.1 Å². The Labute approximate surface area is 152 Å². The van der Waals surface area contributed by atoms with Gasteiger partial charge < -0.3 is 10.1 Å². The number of benzene rings is 1. The molecule has 1 aliphatic heterocycles. The highest BCUT2D eigenvalue weighted by Gasteiger charge is 2.31. The van der Waals surface area contributed by atoms with E-state index in [9.17, 15) is 4.79 Å². The fourth-order valence-electron chi connectivity index (χ4n) is 3.50. The molecule has 1 aromatic carbocycles. The van der Waals surface area contributed by atoms with Gasteiger partial charge in [0.25, 0.3) is 5.56 Å². The number of likely N-dealkylation sites (N-methyl/N-ethyl adjacent to an activating group) is 1. The van der Waals surface area contributed by atoms with Crippen LogP contribution in [0.2, 0.25) is 0 Å². The third kappa shape index (κ3) is 3.34. The van der Waals surface area contributed by atoms with Gasteiger partial charge in [-0.05, 0) is 24.7 Å². The van der Waals surface area contributed by atoms with Crippen LogP contribution in [0, 0.1) is 0 Å². The first-order chi connectivity index (χ1) is 12.7. The van der Waals surface area contributed by atoms with Crippen molar-refractivity contribution < 1.29 is 4.74 Å². The van der Waals surface area contributed by atoms with Crippen LogP contribution in [0.3, 0.4) is 0 Å². The van der Waals surface area contributed by atoms with E-state index >= 15 is 0 Å². The lowest BCUT2D eigenvalue weighted by Crippen LogP contribution is -2.46. The van der Waals surface area contributed by atoms with E-state index in [1.54, 1.807) is 6.20 Å². The highest BCUT2D eigenvalue weighted by atomic mass is 16.5. The number of anilines is 1. The SMILES string of the molecule is CN1CCO[C@@H](CNc2cc(=O)n3ccccc3n2)[C@@H]1c1ccccc1. The number of hydrogen-bond acceptors (Lipinski definition) is 5. The molecule has 0 saturated carbocycles. The third-order valence-corrected chi connectivity index (χ3v) is 4.80. The van der Waals surface area contributed by atoms with Crippen LogP contribution in [0.15, 0.2) is 65.6 Å². The van der Waals surface area contributed by atoms with Gasteiger partial charge in [0.2, 0.25) is 0 Å². The molecule has 1 N–H and O–H groups in total. The molecule has 4 rings (SSSR count). The quantitative estimate of drug-likeness (QED) is 0.782. The molecule has 3 heterocycles. The number of ether oxygens (including phenoxy) is 1. The summed E-state index contributed by atoms with van der Waals surface area (Å²) < 4.78 is 7.57. The third-order valence-electron chi connectivity index (χ3n) is 4.80. The minimum atomic E-state index is -0.0978. The molecule has 0 spiro atoms. The summed E-state index contributed by atoms with van der Waals surface area (Å²) in [5.74, 6) is 0.574. The van der Waals surface area contributed by atoms with E-state index in [1.807, 2.05) is 36.4 Å². The summed E-state index contributed by atoms with van der Waals surface area (Å²) in [6.45, 7) is 2.17. The average molecular weight is 350 g/mol. The monoisotopic (exact) mass is 350 g/mol. The molecule has 2 aromatic heterocycles. The van der Waals surface area contributed by atoms with Gasteiger partial charge in [0, 0.05) is 25.4 Å². The summed E-state index contributed by atoms with van der Waals surface area (Å²) in [6.07, 6.45) is 1.70. The molecule has 1 aliphatic rings.